The monoisotopic (exact) mass is 389 g/mol. The lowest BCUT2D eigenvalue weighted by Crippen LogP contribution is -2.48. The summed E-state index contributed by atoms with van der Waals surface area (Å²) in [4.78, 5) is 34.4. The van der Waals surface area contributed by atoms with E-state index in [1.807, 2.05) is 30.3 Å². The van der Waals surface area contributed by atoms with Gasteiger partial charge in [0.15, 0.2) is 5.69 Å². The van der Waals surface area contributed by atoms with Gasteiger partial charge in [0.2, 0.25) is 11.7 Å². The predicted octanol–water partition coefficient (Wildman–Crippen LogP) is 1.25. The van der Waals surface area contributed by atoms with Crippen LogP contribution in [0.4, 0.5) is 0 Å². The number of carbonyl (C=O) groups excluding carboxylic acids is 1. The van der Waals surface area contributed by atoms with Crippen LogP contribution < -0.4 is 5.56 Å². The Labute approximate surface area is 163 Å². The first-order valence-electron chi connectivity index (χ1n) is 8.98. The van der Waals surface area contributed by atoms with Gasteiger partial charge in [-0.3, -0.25) is 9.59 Å². The lowest BCUT2D eigenvalue weighted by Gasteiger charge is -2.36. The fourth-order valence-corrected chi connectivity index (χ4v) is 3.12. The molecule has 10 heteroatoms. The summed E-state index contributed by atoms with van der Waals surface area (Å²) < 4.78 is 5.29. The number of hydrogen-bond acceptors (Lipinski definition) is 7. The van der Waals surface area contributed by atoms with Crippen molar-refractivity contribution in [3.63, 3.8) is 0 Å². The van der Waals surface area contributed by atoms with E-state index in [0.717, 1.165) is 5.69 Å². The summed E-state index contributed by atoms with van der Waals surface area (Å²) in [6.07, 6.45) is 2.99. The number of amides is 1. The van der Waals surface area contributed by atoms with Gasteiger partial charge in [0, 0.05) is 19.3 Å². The number of hydrogen-bond donors (Lipinski definition) is 1. The Morgan fingerprint density at radius 3 is 2.76 bits per heavy atom. The van der Waals surface area contributed by atoms with Crippen molar-refractivity contribution in [1.82, 2.24) is 35.0 Å². The average molecular weight is 389 g/mol. The molecule has 1 amide bonds. The minimum absolute atomic E-state index is 0.0767. The number of nitrogens with zero attached hydrogens (tertiary/aromatic N) is 6. The smallest absolute Gasteiger partial charge is 0.276 e. The van der Waals surface area contributed by atoms with Gasteiger partial charge in [-0.2, -0.15) is 14.9 Å². The summed E-state index contributed by atoms with van der Waals surface area (Å²) in [5.74, 6) is 0.354. The maximum Gasteiger partial charge on any atom is 0.276 e. The number of para-hydroxylation sites is 1. The Kier molecular flexibility index (Phi) is 4.01. The number of nitrogens with one attached hydrogen (secondary N) is 1. The largest absolute Gasteiger partial charge is 0.339 e. The van der Waals surface area contributed by atoms with Crippen LogP contribution in [0.5, 0.6) is 0 Å². The number of pyridine rings is 1. The molecule has 4 heterocycles. The molecule has 1 aliphatic heterocycles. The summed E-state index contributed by atoms with van der Waals surface area (Å²) >= 11 is 0. The highest BCUT2D eigenvalue weighted by molar-refractivity contribution is 5.92. The zero-order valence-corrected chi connectivity index (χ0v) is 15.1. The van der Waals surface area contributed by atoms with Crippen LogP contribution in [0, 0.1) is 0 Å². The minimum atomic E-state index is -0.285. The van der Waals surface area contributed by atoms with Gasteiger partial charge in [-0.05, 0) is 24.3 Å². The summed E-state index contributed by atoms with van der Waals surface area (Å²) in [7, 11) is 0. The molecule has 4 aromatic rings. The van der Waals surface area contributed by atoms with Crippen LogP contribution in [0.2, 0.25) is 0 Å². The summed E-state index contributed by atoms with van der Waals surface area (Å²) in [6, 6.07) is 12.7. The molecule has 1 aromatic carbocycles. The van der Waals surface area contributed by atoms with E-state index in [-0.39, 0.29) is 28.9 Å². The zero-order valence-electron chi connectivity index (χ0n) is 15.1. The molecule has 0 unspecified atom stereocenters. The highest BCUT2D eigenvalue weighted by atomic mass is 16.5. The molecule has 3 aromatic heterocycles. The molecular weight excluding hydrogens is 374 g/mol. The number of likely N-dealkylation sites (tertiary alicyclic amines) is 1. The number of H-pyrrole nitrogens is 1. The van der Waals surface area contributed by atoms with Gasteiger partial charge in [-0.1, -0.05) is 23.4 Å². The van der Waals surface area contributed by atoms with Crippen LogP contribution in [-0.4, -0.2) is 54.0 Å². The standard InChI is InChI=1S/C19H15N7O3/c27-17-14(7-4-8-20-17)16-22-18(29-24-16)12-10-25(11-12)19(28)15-9-21-26(23-15)13-5-2-1-3-6-13/h1-9,12H,10-11H2,(H,20,27). The molecule has 29 heavy (non-hydrogen) atoms. The third-order valence-corrected chi connectivity index (χ3v) is 4.72. The quantitative estimate of drug-likeness (QED) is 0.557. The number of aromatic amines is 1. The highest BCUT2D eigenvalue weighted by Gasteiger charge is 2.37. The van der Waals surface area contributed by atoms with Crippen molar-refractivity contribution in [2.45, 2.75) is 5.92 Å². The van der Waals surface area contributed by atoms with Crippen LogP contribution in [0.25, 0.3) is 17.1 Å². The van der Waals surface area contributed by atoms with Crippen molar-refractivity contribution in [3.05, 3.63) is 76.8 Å². The van der Waals surface area contributed by atoms with Crippen LogP contribution in [0.1, 0.15) is 22.3 Å². The zero-order chi connectivity index (χ0) is 19.8. The molecule has 144 valence electrons. The third-order valence-electron chi connectivity index (χ3n) is 4.72. The number of benzene rings is 1. The van der Waals surface area contributed by atoms with E-state index < -0.39 is 0 Å². The second-order valence-electron chi connectivity index (χ2n) is 6.63. The predicted molar refractivity (Wildman–Crippen MR) is 100 cm³/mol. The number of aromatic nitrogens is 6. The van der Waals surface area contributed by atoms with Gasteiger partial charge >= 0.3 is 0 Å². The van der Waals surface area contributed by atoms with E-state index in [4.69, 9.17) is 4.52 Å². The second-order valence-corrected chi connectivity index (χ2v) is 6.63. The maximum atomic E-state index is 12.6. The van der Waals surface area contributed by atoms with E-state index in [1.165, 1.54) is 17.2 Å². The molecular formula is C19H15N7O3. The van der Waals surface area contributed by atoms with Crippen molar-refractivity contribution >= 4 is 5.91 Å². The van der Waals surface area contributed by atoms with E-state index in [2.05, 4.69) is 25.3 Å². The Hall–Kier alpha value is -4.08. The average Bonchev–Trinajstić information content (AvgIpc) is 3.38. The first kappa shape index (κ1) is 17.0. The van der Waals surface area contributed by atoms with Crippen molar-refractivity contribution in [3.8, 4) is 17.1 Å². The number of rotatable bonds is 4. The summed E-state index contributed by atoms with van der Waals surface area (Å²) in [5.41, 5.74) is 1.11. The molecule has 1 saturated heterocycles. The molecule has 1 aliphatic rings. The Morgan fingerprint density at radius 1 is 1.14 bits per heavy atom. The molecule has 0 saturated carbocycles. The molecule has 0 atom stereocenters. The number of carbonyl (C=O) groups is 1. The van der Waals surface area contributed by atoms with Crippen molar-refractivity contribution < 1.29 is 9.32 Å². The Bertz CT molecular complexity index is 1220. The summed E-state index contributed by atoms with van der Waals surface area (Å²) in [6.45, 7) is 0.869. The van der Waals surface area contributed by atoms with Gasteiger partial charge in [0.05, 0.1) is 23.4 Å². The highest BCUT2D eigenvalue weighted by Crippen LogP contribution is 2.28. The summed E-state index contributed by atoms with van der Waals surface area (Å²) in [5, 5.41) is 12.3. The van der Waals surface area contributed by atoms with Crippen LogP contribution >= 0.6 is 0 Å². The van der Waals surface area contributed by atoms with Crippen LogP contribution in [-0.2, 0) is 0 Å². The molecule has 10 nitrogen and oxygen atoms in total. The second kappa shape index (κ2) is 6.82. The fraction of sp³-hybridized carbons (Fsp3) is 0.158. The van der Waals surface area contributed by atoms with Gasteiger partial charge in [-0.25, -0.2) is 0 Å². The van der Waals surface area contributed by atoms with Crippen LogP contribution in [0.3, 0.4) is 0 Å². The minimum Gasteiger partial charge on any atom is -0.339 e. The Morgan fingerprint density at radius 2 is 1.97 bits per heavy atom. The topological polar surface area (TPSA) is 123 Å². The lowest BCUT2D eigenvalue weighted by molar-refractivity contribution is 0.0562. The van der Waals surface area contributed by atoms with Gasteiger partial charge in [0.25, 0.3) is 11.5 Å². The maximum absolute atomic E-state index is 12.6. The molecule has 1 fully saturated rings. The van der Waals surface area contributed by atoms with Crippen LogP contribution in [0.15, 0.2) is 64.2 Å². The Balaban J connectivity index is 1.26. The van der Waals surface area contributed by atoms with E-state index >= 15 is 0 Å². The SMILES string of the molecule is O=C(c1cnn(-c2ccccc2)n1)N1CC(c2nc(-c3ccc[nH]c3=O)no2)C1. The first-order chi connectivity index (χ1) is 14.2. The lowest BCUT2D eigenvalue weighted by atomic mass is 10.00. The normalized spacial score (nSPS) is 14.0. The van der Waals surface area contributed by atoms with E-state index in [9.17, 15) is 9.59 Å². The third kappa shape index (κ3) is 3.10. The molecule has 1 N–H and O–H groups in total. The van der Waals surface area contributed by atoms with Crippen molar-refractivity contribution in [1.29, 1.82) is 0 Å². The molecule has 0 aliphatic carbocycles. The fourth-order valence-electron chi connectivity index (χ4n) is 3.12. The van der Waals surface area contributed by atoms with Crippen molar-refractivity contribution in [2.75, 3.05) is 13.1 Å². The molecule has 0 bridgehead atoms. The van der Waals surface area contributed by atoms with Gasteiger partial charge in [0.1, 0.15) is 0 Å². The molecule has 0 spiro atoms. The van der Waals surface area contributed by atoms with Gasteiger partial charge < -0.3 is 14.4 Å². The van der Waals surface area contributed by atoms with E-state index in [1.54, 1.807) is 17.0 Å². The first-order valence-corrected chi connectivity index (χ1v) is 8.98. The van der Waals surface area contributed by atoms with E-state index in [0.29, 0.717) is 24.5 Å². The molecule has 0 radical (unpaired) electrons. The van der Waals surface area contributed by atoms with Gasteiger partial charge in [-0.15, -0.1) is 5.10 Å². The molecule has 5 rings (SSSR count). The van der Waals surface area contributed by atoms with Crippen molar-refractivity contribution in [2.24, 2.45) is 0 Å².